The summed E-state index contributed by atoms with van der Waals surface area (Å²) in [4.78, 5) is 29.4. The summed E-state index contributed by atoms with van der Waals surface area (Å²) in [5.41, 5.74) is 0.958. The molecule has 0 bridgehead atoms. The average Bonchev–Trinajstić information content (AvgIpc) is 2.56. The average molecular weight is 320 g/mol. The predicted molar refractivity (Wildman–Crippen MR) is 85.1 cm³/mol. The number of carbonyl (C=O) groups is 2. The smallest absolute Gasteiger partial charge is 0.306 e. The Bertz CT molecular complexity index is 522. The fourth-order valence-electron chi connectivity index (χ4n) is 2.54. The molecule has 1 fully saturated rings. The van der Waals surface area contributed by atoms with Gasteiger partial charge in [0.15, 0.2) is 0 Å². The lowest BCUT2D eigenvalue weighted by atomic mass is 10.1. The Morgan fingerprint density at radius 2 is 2.00 bits per heavy atom. The molecule has 23 heavy (non-hydrogen) atoms. The van der Waals surface area contributed by atoms with E-state index in [1.165, 1.54) is 0 Å². The van der Waals surface area contributed by atoms with Gasteiger partial charge in [-0.15, -0.1) is 0 Å². The molecule has 0 atom stereocenters. The summed E-state index contributed by atoms with van der Waals surface area (Å²) < 4.78 is 10.7. The predicted octanol–water partition coefficient (Wildman–Crippen LogP) is 2.10. The fraction of sp³-hybridized carbons (Fsp3) is 0.588. The molecule has 1 aromatic rings. The van der Waals surface area contributed by atoms with Crippen LogP contribution in [0.25, 0.3) is 0 Å². The minimum atomic E-state index is -0.314. The van der Waals surface area contributed by atoms with E-state index >= 15 is 0 Å². The topological polar surface area (TPSA) is 68.7 Å². The van der Waals surface area contributed by atoms with Crippen LogP contribution in [0.2, 0.25) is 0 Å². The first-order valence-electron chi connectivity index (χ1n) is 8.11. The van der Waals surface area contributed by atoms with Crippen LogP contribution >= 0.6 is 0 Å². The number of ether oxygens (including phenoxy) is 2. The third-order valence-electron chi connectivity index (χ3n) is 3.83. The van der Waals surface area contributed by atoms with Gasteiger partial charge in [0.2, 0.25) is 5.91 Å². The minimum absolute atomic E-state index is 0.00788. The molecule has 0 aliphatic carbocycles. The third-order valence-corrected chi connectivity index (χ3v) is 3.83. The van der Waals surface area contributed by atoms with Crippen LogP contribution in [0.5, 0.6) is 5.75 Å². The van der Waals surface area contributed by atoms with Gasteiger partial charge in [-0.3, -0.25) is 14.6 Å². The highest BCUT2D eigenvalue weighted by Gasteiger charge is 2.24. The number of piperidine rings is 1. The van der Waals surface area contributed by atoms with Crippen molar-refractivity contribution in [2.45, 2.75) is 45.6 Å². The van der Waals surface area contributed by atoms with Crippen molar-refractivity contribution < 1.29 is 19.1 Å². The molecule has 0 saturated carbocycles. The zero-order valence-electron chi connectivity index (χ0n) is 13.8. The number of nitrogens with zero attached hydrogens (tertiary/aromatic N) is 2. The molecule has 1 amide bonds. The van der Waals surface area contributed by atoms with Crippen molar-refractivity contribution in [1.82, 2.24) is 9.88 Å². The summed E-state index contributed by atoms with van der Waals surface area (Å²) in [6, 6.07) is 3.84. The second-order valence-electron chi connectivity index (χ2n) is 5.64. The summed E-state index contributed by atoms with van der Waals surface area (Å²) in [5, 5.41) is 0. The van der Waals surface area contributed by atoms with Crippen LogP contribution in [-0.4, -0.2) is 47.6 Å². The number of rotatable bonds is 6. The molecule has 0 N–H and O–H groups in total. The number of amides is 1. The quantitative estimate of drug-likeness (QED) is 0.751. The van der Waals surface area contributed by atoms with Gasteiger partial charge >= 0.3 is 5.97 Å². The molecule has 2 rings (SSSR count). The van der Waals surface area contributed by atoms with Crippen LogP contribution in [0.3, 0.4) is 0 Å². The number of aryl methyl sites for hydroxylation is 1. The van der Waals surface area contributed by atoms with Crippen molar-refractivity contribution >= 4 is 11.9 Å². The van der Waals surface area contributed by atoms with Crippen LogP contribution in [0.4, 0.5) is 0 Å². The third kappa shape index (κ3) is 5.54. The normalized spacial score (nSPS) is 15.3. The lowest BCUT2D eigenvalue weighted by molar-refractivity contribution is -0.146. The molecule has 2 heterocycles. The summed E-state index contributed by atoms with van der Waals surface area (Å²) in [6.07, 6.45) is 3.78. The Labute approximate surface area is 136 Å². The monoisotopic (exact) mass is 320 g/mol. The molecule has 1 aliphatic rings. The van der Waals surface area contributed by atoms with Gasteiger partial charge in [0.25, 0.3) is 0 Å². The number of pyridine rings is 1. The maximum Gasteiger partial charge on any atom is 0.306 e. The van der Waals surface area contributed by atoms with Crippen LogP contribution in [0.1, 0.15) is 38.3 Å². The van der Waals surface area contributed by atoms with Crippen molar-refractivity contribution in [1.29, 1.82) is 0 Å². The number of esters is 1. The highest BCUT2D eigenvalue weighted by atomic mass is 16.5. The van der Waals surface area contributed by atoms with E-state index in [0.717, 1.165) is 24.3 Å². The fourth-order valence-corrected chi connectivity index (χ4v) is 2.54. The van der Waals surface area contributed by atoms with E-state index in [-0.39, 0.29) is 30.8 Å². The van der Waals surface area contributed by atoms with E-state index in [0.29, 0.717) is 19.7 Å². The second-order valence-corrected chi connectivity index (χ2v) is 5.64. The van der Waals surface area contributed by atoms with Gasteiger partial charge in [0.05, 0.1) is 19.2 Å². The Kier molecular flexibility index (Phi) is 6.38. The highest BCUT2D eigenvalue weighted by molar-refractivity contribution is 5.81. The Morgan fingerprint density at radius 1 is 1.26 bits per heavy atom. The summed E-state index contributed by atoms with van der Waals surface area (Å²) in [5.74, 6) is 0.460. The van der Waals surface area contributed by atoms with E-state index in [9.17, 15) is 9.59 Å². The number of hydrogen-bond acceptors (Lipinski definition) is 5. The molecule has 0 aromatic carbocycles. The van der Waals surface area contributed by atoms with Crippen LogP contribution in [0.15, 0.2) is 18.3 Å². The maximum absolute atomic E-state index is 12.1. The van der Waals surface area contributed by atoms with Crippen molar-refractivity contribution in [2.24, 2.45) is 0 Å². The molecule has 0 unspecified atom stereocenters. The van der Waals surface area contributed by atoms with Gasteiger partial charge in [-0.2, -0.15) is 0 Å². The highest BCUT2D eigenvalue weighted by Crippen LogP contribution is 2.19. The van der Waals surface area contributed by atoms with Crippen molar-refractivity contribution in [3.05, 3.63) is 24.0 Å². The maximum atomic E-state index is 12.1. The van der Waals surface area contributed by atoms with Crippen molar-refractivity contribution in [3.63, 3.8) is 0 Å². The number of carbonyl (C=O) groups excluding carboxylic acids is 2. The van der Waals surface area contributed by atoms with Crippen LogP contribution in [-0.2, 0) is 14.3 Å². The van der Waals surface area contributed by atoms with Gasteiger partial charge in [-0.25, -0.2) is 0 Å². The van der Waals surface area contributed by atoms with E-state index in [1.807, 2.05) is 19.1 Å². The lowest BCUT2D eigenvalue weighted by Crippen LogP contribution is -2.41. The first-order chi connectivity index (χ1) is 11.1. The molecule has 6 heteroatoms. The van der Waals surface area contributed by atoms with Crippen molar-refractivity contribution in [2.75, 3.05) is 19.7 Å². The molecule has 1 aromatic heterocycles. The van der Waals surface area contributed by atoms with Crippen LogP contribution in [0, 0.1) is 6.92 Å². The standard InChI is InChI=1S/C17H24N2O4/c1-3-22-17(21)7-6-16(20)19-10-8-14(9-11-19)23-15-5-4-13(2)18-12-15/h4-5,12,14H,3,6-11H2,1-2H3. The Morgan fingerprint density at radius 3 is 2.61 bits per heavy atom. The van der Waals surface area contributed by atoms with E-state index in [2.05, 4.69) is 4.98 Å². The lowest BCUT2D eigenvalue weighted by Gasteiger charge is -2.32. The minimum Gasteiger partial charge on any atom is -0.489 e. The van der Waals surface area contributed by atoms with E-state index in [1.54, 1.807) is 18.0 Å². The van der Waals surface area contributed by atoms with E-state index in [4.69, 9.17) is 9.47 Å². The summed E-state index contributed by atoms with van der Waals surface area (Å²) >= 11 is 0. The molecular weight excluding hydrogens is 296 g/mol. The first kappa shape index (κ1) is 17.2. The Balaban J connectivity index is 1.71. The first-order valence-corrected chi connectivity index (χ1v) is 8.11. The van der Waals surface area contributed by atoms with Crippen LogP contribution < -0.4 is 4.74 Å². The van der Waals surface area contributed by atoms with E-state index < -0.39 is 0 Å². The number of aromatic nitrogens is 1. The van der Waals surface area contributed by atoms with Gasteiger partial charge in [-0.05, 0) is 26.0 Å². The number of likely N-dealkylation sites (tertiary alicyclic amines) is 1. The largest absolute Gasteiger partial charge is 0.489 e. The summed E-state index contributed by atoms with van der Waals surface area (Å²) in [6.45, 7) is 5.36. The summed E-state index contributed by atoms with van der Waals surface area (Å²) in [7, 11) is 0. The van der Waals surface area contributed by atoms with Gasteiger partial charge in [0, 0.05) is 38.0 Å². The molecule has 0 radical (unpaired) electrons. The van der Waals surface area contributed by atoms with Crippen molar-refractivity contribution in [3.8, 4) is 5.75 Å². The van der Waals surface area contributed by atoms with Gasteiger partial charge in [0.1, 0.15) is 11.9 Å². The second kappa shape index (κ2) is 8.50. The van der Waals surface area contributed by atoms with Gasteiger partial charge < -0.3 is 14.4 Å². The molecule has 1 aliphatic heterocycles. The zero-order chi connectivity index (χ0) is 16.7. The van der Waals surface area contributed by atoms with Gasteiger partial charge in [-0.1, -0.05) is 0 Å². The molecule has 0 spiro atoms. The molecular formula is C17H24N2O4. The molecule has 126 valence electrons. The zero-order valence-corrected chi connectivity index (χ0v) is 13.8. The SMILES string of the molecule is CCOC(=O)CCC(=O)N1CCC(Oc2ccc(C)nc2)CC1. The number of hydrogen-bond donors (Lipinski definition) is 0. The Hall–Kier alpha value is -2.11. The molecule has 6 nitrogen and oxygen atoms in total. The molecule has 1 saturated heterocycles.